The number of nitrogens with zero attached hydrogens (tertiary/aromatic N) is 2. The van der Waals surface area contributed by atoms with Gasteiger partial charge in [-0.3, -0.25) is 9.59 Å². The van der Waals surface area contributed by atoms with Gasteiger partial charge in [0.2, 0.25) is 11.8 Å². The summed E-state index contributed by atoms with van der Waals surface area (Å²) in [5.74, 6) is 0.915. The zero-order chi connectivity index (χ0) is 19.9. The first-order valence-corrected chi connectivity index (χ1v) is 9.40. The maximum atomic E-state index is 12.6. The molecule has 6 heteroatoms. The highest BCUT2D eigenvalue weighted by Gasteiger charge is 2.28. The van der Waals surface area contributed by atoms with Gasteiger partial charge in [0.05, 0.1) is 13.0 Å². The lowest BCUT2D eigenvalue weighted by Crippen LogP contribution is -2.43. The minimum Gasteiger partial charge on any atom is -0.497 e. The first-order chi connectivity index (χ1) is 13.6. The summed E-state index contributed by atoms with van der Waals surface area (Å²) in [4.78, 5) is 31.1. The molecule has 0 radical (unpaired) electrons. The Labute approximate surface area is 165 Å². The van der Waals surface area contributed by atoms with Gasteiger partial charge in [0, 0.05) is 25.4 Å². The van der Waals surface area contributed by atoms with Crippen molar-refractivity contribution >= 4 is 23.7 Å². The molecule has 1 saturated heterocycles. The second-order valence-electron chi connectivity index (χ2n) is 6.89. The van der Waals surface area contributed by atoms with Crippen molar-refractivity contribution < 1.29 is 14.3 Å². The highest BCUT2D eigenvalue weighted by atomic mass is 16.5. The fourth-order valence-electron chi connectivity index (χ4n) is 3.24. The van der Waals surface area contributed by atoms with E-state index in [4.69, 9.17) is 4.74 Å². The van der Waals surface area contributed by atoms with Crippen molar-refractivity contribution in [2.24, 2.45) is 5.92 Å². The number of likely N-dealkylation sites (tertiary alicyclic amines) is 1. The molecule has 2 heterocycles. The van der Waals surface area contributed by atoms with Crippen LogP contribution in [0.15, 0.2) is 48.7 Å². The average Bonchev–Trinajstić information content (AvgIpc) is 2.74. The zero-order valence-electron chi connectivity index (χ0n) is 16.2. The number of carbonyl (C=O) groups is 2. The summed E-state index contributed by atoms with van der Waals surface area (Å²) in [7, 11) is 1.61. The van der Waals surface area contributed by atoms with Crippen molar-refractivity contribution in [3.63, 3.8) is 0 Å². The number of ether oxygens (including phenoxy) is 1. The van der Waals surface area contributed by atoms with E-state index in [9.17, 15) is 9.59 Å². The Morgan fingerprint density at radius 1 is 1.29 bits per heavy atom. The molecule has 1 aliphatic rings. The molecule has 1 N–H and O–H groups in total. The Hall–Kier alpha value is -3.15. The van der Waals surface area contributed by atoms with Crippen LogP contribution in [0.2, 0.25) is 0 Å². The number of nitrogens with one attached hydrogen (secondary N) is 1. The normalized spacial score (nSPS) is 16.8. The predicted molar refractivity (Wildman–Crippen MR) is 109 cm³/mol. The van der Waals surface area contributed by atoms with Gasteiger partial charge in [0.15, 0.2) is 0 Å². The molecule has 6 nitrogen and oxygen atoms in total. The van der Waals surface area contributed by atoms with Crippen LogP contribution < -0.4 is 10.1 Å². The number of methoxy groups -OCH3 is 1. The third-order valence-corrected chi connectivity index (χ3v) is 4.87. The van der Waals surface area contributed by atoms with Crippen LogP contribution in [-0.4, -0.2) is 41.9 Å². The van der Waals surface area contributed by atoms with Crippen molar-refractivity contribution in [2.45, 2.75) is 19.8 Å². The van der Waals surface area contributed by atoms with E-state index in [0.29, 0.717) is 18.9 Å². The number of amides is 2. The average molecular weight is 379 g/mol. The van der Waals surface area contributed by atoms with Crippen molar-refractivity contribution in [1.29, 1.82) is 0 Å². The summed E-state index contributed by atoms with van der Waals surface area (Å²) in [6.07, 6.45) is 6.55. The number of pyridine rings is 1. The second-order valence-corrected chi connectivity index (χ2v) is 6.89. The lowest BCUT2D eigenvalue weighted by molar-refractivity contribution is -0.130. The smallest absolute Gasteiger partial charge is 0.246 e. The molecular formula is C22H25N3O3. The minimum atomic E-state index is -0.232. The van der Waals surface area contributed by atoms with Crippen LogP contribution in [0.1, 0.15) is 24.0 Å². The Balaban J connectivity index is 1.60. The standard InChI is InChI=1S/C22H25N3O3/c1-16-6-4-12-23-21(16)24-22(27)18-8-5-13-25(15-18)20(26)11-10-17-7-3-9-19(14-17)28-2/h3-4,6-7,9-12,14,18H,5,8,13,15H2,1-2H3,(H,23,24,27). The van der Waals surface area contributed by atoms with E-state index in [0.717, 1.165) is 29.7 Å². The third kappa shape index (κ3) is 4.97. The van der Waals surface area contributed by atoms with Gasteiger partial charge in [-0.2, -0.15) is 0 Å². The molecule has 0 saturated carbocycles. The van der Waals surface area contributed by atoms with E-state index in [2.05, 4.69) is 10.3 Å². The molecule has 1 aromatic heterocycles. The SMILES string of the molecule is COc1cccc(C=CC(=O)N2CCCC(C(=O)Nc3ncccc3C)C2)c1. The van der Waals surface area contributed by atoms with E-state index in [1.165, 1.54) is 0 Å². The second kappa shape index (κ2) is 9.17. The molecule has 0 bridgehead atoms. The molecule has 1 unspecified atom stereocenters. The quantitative estimate of drug-likeness (QED) is 0.809. The minimum absolute atomic E-state index is 0.0870. The number of benzene rings is 1. The molecule has 2 aromatic rings. The number of carbonyl (C=O) groups excluding carboxylic acids is 2. The number of rotatable bonds is 5. The molecule has 2 amide bonds. The number of piperidine rings is 1. The molecule has 146 valence electrons. The predicted octanol–water partition coefficient (Wildman–Crippen LogP) is 3.29. The third-order valence-electron chi connectivity index (χ3n) is 4.87. The van der Waals surface area contributed by atoms with Gasteiger partial charge in [0.1, 0.15) is 11.6 Å². The summed E-state index contributed by atoms with van der Waals surface area (Å²) in [5, 5.41) is 2.89. The molecule has 28 heavy (non-hydrogen) atoms. The van der Waals surface area contributed by atoms with Crippen molar-refractivity contribution in [3.8, 4) is 5.75 Å². The number of hydrogen-bond donors (Lipinski definition) is 1. The molecular weight excluding hydrogens is 354 g/mol. The van der Waals surface area contributed by atoms with Crippen LogP contribution in [0.25, 0.3) is 6.08 Å². The molecule has 3 rings (SSSR count). The van der Waals surface area contributed by atoms with Crippen LogP contribution in [0.5, 0.6) is 5.75 Å². The molecule has 1 fully saturated rings. The number of hydrogen-bond acceptors (Lipinski definition) is 4. The van der Waals surface area contributed by atoms with Gasteiger partial charge in [-0.1, -0.05) is 18.2 Å². The zero-order valence-corrected chi connectivity index (χ0v) is 16.2. The van der Waals surface area contributed by atoms with E-state index < -0.39 is 0 Å². The van der Waals surface area contributed by atoms with Crippen LogP contribution >= 0.6 is 0 Å². The van der Waals surface area contributed by atoms with Gasteiger partial charge in [0.25, 0.3) is 0 Å². The summed E-state index contributed by atoms with van der Waals surface area (Å²) in [6, 6.07) is 11.3. The molecule has 0 aliphatic carbocycles. The van der Waals surface area contributed by atoms with E-state index in [1.54, 1.807) is 30.4 Å². The largest absolute Gasteiger partial charge is 0.497 e. The topological polar surface area (TPSA) is 71.5 Å². The number of aromatic nitrogens is 1. The van der Waals surface area contributed by atoms with Gasteiger partial charge in [-0.05, 0) is 55.2 Å². The Kier molecular flexibility index (Phi) is 6.42. The molecule has 1 aliphatic heterocycles. The van der Waals surface area contributed by atoms with E-state index >= 15 is 0 Å². The molecule has 0 spiro atoms. The summed E-state index contributed by atoms with van der Waals surface area (Å²) >= 11 is 0. The fraction of sp³-hybridized carbons (Fsp3) is 0.318. The first kappa shape index (κ1) is 19.6. The maximum Gasteiger partial charge on any atom is 0.246 e. The highest BCUT2D eigenvalue weighted by molar-refractivity contribution is 5.95. The van der Waals surface area contributed by atoms with Crippen LogP contribution in [0, 0.1) is 12.8 Å². The lowest BCUT2D eigenvalue weighted by Gasteiger charge is -2.31. The van der Waals surface area contributed by atoms with Crippen LogP contribution in [0.3, 0.4) is 0 Å². The number of aryl methyl sites for hydroxylation is 1. The van der Waals surface area contributed by atoms with Crippen molar-refractivity contribution in [3.05, 3.63) is 59.8 Å². The van der Waals surface area contributed by atoms with E-state index in [-0.39, 0.29) is 17.7 Å². The summed E-state index contributed by atoms with van der Waals surface area (Å²) in [6.45, 7) is 2.98. The Bertz CT molecular complexity index is 879. The number of anilines is 1. The van der Waals surface area contributed by atoms with Gasteiger partial charge < -0.3 is 15.0 Å². The van der Waals surface area contributed by atoms with Gasteiger partial charge in [-0.25, -0.2) is 4.98 Å². The lowest BCUT2D eigenvalue weighted by atomic mass is 9.97. The molecule has 1 aromatic carbocycles. The monoisotopic (exact) mass is 379 g/mol. The highest BCUT2D eigenvalue weighted by Crippen LogP contribution is 2.20. The van der Waals surface area contributed by atoms with Crippen LogP contribution in [0.4, 0.5) is 5.82 Å². The fourth-order valence-corrected chi connectivity index (χ4v) is 3.24. The Morgan fingerprint density at radius 3 is 2.93 bits per heavy atom. The van der Waals surface area contributed by atoms with Gasteiger partial charge in [-0.15, -0.1) is 0 Å². The Morgan fingerprint density at radius 2 is 2.14 bits per heavy atom. The summed E-state index contributed by atoms with van der Waals surface area (Å²) in [5.41, 5.74) is 1.81. The summed E-state index contributed by atoms with van der Waals surface area (Å²) < 4.78 is 5.20. The van der Waals surface area contributed by atoms with Crippen molar-refractivity contribution in [2.75, 3.05) is 25.5 Å². The first-order valence-electron chi connectivity index (χ1n) is 9.40. The van der Waals surface area contributed by atoms with Crippen molar-refractivity contribution in [1.82, 2.24) is 9.88 Å². The van der Waals surface area contributed by atoms with Gasteiger partial charge >= 0.3 is 0 Å². The van der Waals surface area contributed by atoms with Crippen LogP contribution in [-0.2, 0) is 9.59 Å². The van der Waals surface area contributed by atoms with E-state index in [1.807, 2.05) is 43.3 Å². The maximum absolute atomic E-state index is 12.6. The molecule has 1 atom stereocenters.